The molecule has 18 heavy (non-hydrogen) atoms. The van der Waals surface area contributed by atoms with E-state index in [-0.39, 0.29) is 0 Å². The minimum atomic E-state index is 0.626. The quantitative estimate of drug-likeness (QED) is 0.840. The van der Waals surface area contributed by atoms with E-state index < -0.39 is 0 Å². The molecule has 1 aromatic heterocycles. The molecule has 0 radical (unpaired) electrons. The van der Waals surface area contributed by atoms with Crippen molar-refractivity contribution in [3.63, 3.8) is 0 Å². The second kappa shape index (κ2) is 5.08. The van der Waals surface area contributed by atoms with Gasteiger partial charge < -0.3 is 5.32 Å². The van der Waals surface area contributed by atoms with Crippen LogP contribution < -0.4 is 5.32 Å². The molecule has 1 heterocycles. The van der Waals surface area contributed by atoms with E-state index in [0.29, 0.717) is 5.92 Å². The Bertz CT molecular complexity index is 437. The van der Waals surface area contributed by atoms with Crippen molar-refractivity contribution in [1.82, 2.24) is 9.97 Å². The number of rotatable bonds is 4. The van der Waals surface area contributed by atoms with Crippen molar-refractivity contribution in [2.45, 2.75) is 61.6 Å². The van der Waals surface area contributed by atoms with E-state index in [1.807, 2.05) is 18.8 Å². The van der Waals surface area contributed by atoms with Gasteiger partial charge in [-0.3, -0.25) is 0 Å². The minimum Gasteiger partial charge on any atom is -0.373 e. The lowest BCUT2D eigenvalue weighted by Crippen LogP contribution is -2.06. The first-order valence-electron chi connectivity index (χ1n) is 7.01. The van der Waals surface area contributed by atoms with Crippen LogP contribution in [0.4, 0.5) is 5.82 Å². The maximum atomic E-state index is 4.82. The van der Waals surface area contributed by atoms with E-state index in [1.54, 1.807) is 0 Å². The van der Waals surface area contributed by atoms with E-state index >= 15 is 0 Å². The summed E-state index contributed by atoms with van der Waals surface area (Å²) in [5.41, 5.74) is 1.22. The number of hydrogen-bond donors (Lipinski definition) is 1. The Balaban J connectivity index is 1.87. The summed E-state index contributed by atoms with van der Waals surface area (Å²) in [7, 11) is 1.95. The highest BCUT2D eigenvalue weighted by Crippen LogP contribution is 2.41. The topological polar surface area (TPSA) is 37.8 Å². The van der Waals surface area contributed by atoms with Gasteiger partial charge in [-0.05, 0) is 32.6 Å². The molecule has 0 spiro atoms. The van der Waals surface area contributed by atoms with Crippen LogP contribution in [0.25, 0.3) is 0 Å². The molecule has 2 aliphatic rings. The monoisotopic (exact) mass is 263 g/mol. The summed E-state index contributed by atoms with van der Waals surface area (Å²) in [4.78, 5) is 9.47. The Kier molecular flexibility index (Phi) is 3.46. The lowest BCUT2D eigenvalue weighted by atomic mass is 10.3. The maximum Gasteiger partial charge on any atom is 0.135 e. The van der Waals surface area contributed by atoms with Gasteiger partial charge in [-0.25, -0.2) is 9.97 Å². The number of nitrogens with one attached hydrogen (secondary N) is 1. The Morgan fingerprint density at radius 2 is 1.83 bits per heavy atom. The van der Waals surface area contributed by atoms with Crippen molar-refractivity contribution in [1.29, 1.82) is 0 Å². The molecule has 0 aliphatic heterocycles. The largest absolute Gasteiger partial charge is 0.373 e. The highest BCUT2D eigenvalue weighted by atomic mass is 32.2. The molecule has 2 fully saturated rings. The average molecular weight is 263 g/mol. The normalized spacial score (nSPS) is 20.3. The van der Waals surface area contributed by atoms with E-state index in [0.717, 1.165) is 16.9 Å². The molecule has 0 amide bonds. The number of hydrogen-bond acceptors (Lipinski definition) is 4. The van der Waals surface area contributed by atoms with Crippen molar-refractivity contribution in [2.24, 2.45) is 0 Å². The van der Waals surface area contributed by atoms with Crippen LogP contribution in [-0.2, 0) is 0 Å². The summed E-state index contributed by atoms with van der Waals surface area (Å²) in [6, 6.07) is 0. The zero-order valence-electron chi connectivity index (χ0n) is 11.2. The van der Waals surface area contributed by atoms with Crippen LogP contribution in [0.2, 0.25) is 0 Å². The number of aromatic nitrogens is 2. The fourth-order valence-electron chi connectivity index (χ4n) is 2.56. The molecule has 1 N–H and O–H groups in total. The fraction of sp³-hybridized carbons (Fsp3) is 0.714. The van der Waals surface area contributed by atoms with Crippen molar-refractivity contribution < 1.29 is 0 Å². The smallest absolute Gasteiger partial charge is 0.135 e. The highest BCUT2D eigenvalue weighted by Gasteiger charge is 2.29. The standard InChI is InChI=1S/C14H21N3S/c1-9-12(15-2)16-13(10-7-8-10)17-14(9)18-11-5-3-4-6-11/h10-11H,3-8H2,1-2H3,(H,15,16,17). The Labute approximate surface area is 113 Å². The van der Waals surface area contributed by atoms with Crippen LogP contribution in [0.15, 0.2) is 5.03 Å². The van der Waals surface area contributed by atoms with E-state index in [9.17, 15) is 0 Å². The van der Waals surface area contributed by atoms with Crippen molar-refractivity contribution in [3.8, 4) is 0 Å². The second-order valence-corrected chi connectivity index (χ2v) is 6.70. The third kappa shape index (κ3) is 2.48. The number of nitrogens with zero attached hydrogens (tertiary/aromatic N) is 2. The van der Waals surface area contributed by atoms with Gasteiger partial charge in [0.15, 0.2) is 0 Å². The molecule has 0 aromatic carbocycles. The van der Waals surface area contributed by atoms with Gasteiger partial charge >= 0.3 is 0 Å². The Hall–Kier alpha value is -0.770. The van der Waals surface area contributed by atoms with E-state index in [2.05, 4.69) is 17.2 Å². The zero-order valence-corrected chi connectivity index (χ0v) is 12.0. The molecule has 4 heteroatoms. The second-order valence-electron chi connectivity index (χ2n) is 5.41. The molecule has 98 valence electrons. The van der Waals surface area contributed by atoms with Gasteiger partial charge in [-0.15, -0.1) is 11.8 Å². The molecule has 3 nitrogen and oxygen atoms in total. The molecular weight excluding hydrogens is 242 g/mol. The summed E-state index contributed by atoms with van der Waals surface area (Å²) in [6.45, 7) is 2.14. The van der Waals surface area contributed by atoms with Crippen LogP contribution in [0, 0.1) is 6.92 Å². The predicted molar refractivity (Wildman–Crippen MR) is 76.4 cm³/mol. The molecule has 0 bridgehead atoms. The van der Waals surface area contributed by atoms with Crippen LogP contribution >= 0.6 is 11.8 Å². The summed E-state index contributed by atoms with van der Waals surface area (Å²) in [6.07, 6.45) is 8.00. The average Bonchev–Trinajstić information content (AvgIpc) is 3.11. The molecule has 0 atom stereocenters. The number of thioether (sulfide) groups is 1. The molecule has 1 aromatic rings. The molecule has 0 saturated heterocycles. The van der Waals surface area contributed by atoms with Crippen LogP contribution in [0.3, 0.4) is 0 Å². The molecule has 2 aliphatic carbocycles. The molecule has 2 saturated carbocycles. The van der Waals surface area contributed by atoms with Crippen LogP contribution in [0.1, 0.15) is 55.8 Å². The van der Waals surface area contributed by atoms with E-state index in [4.69, 9.17) is 4.98 Å². The maximum absolute atomic E-state index is 4.82. The minimum absolute atomic E-state index is 0.626. The lowest BCUT2D eigenvalue weighted by Gasteiger charge is -2.14. The van der Waals surface area contributed by atoms with Gasteiger partial charge in [0.25, 0.3) is 0 Å². The third-order valence-corrected chi connectivity index (χ3v) is 5.30. The zero-order chi connectivity index (χ0) is 12.5. The van der Waals surface area contributed by atoms with Gasteiger partial charge in [-0.1, -0.05) is 12.8 Å². The third-order valence-electron chi connectivity index (χ3n) is 3.88. The van der Waals surface area contributed by atoms with Crippen molar-refractivity contribution >= 4 is 17.6 Å². The van der Waals surface area contributed by atoms with Crippen LogP contribution in [-0.4, -0.2) is 22.3 Å². The first-order valence-corrected chi connectivity index (χ1v) is 7.89. The Morgan fingerprint density at radius 1 is 1.11 bits per heavy atom. The predicted octanol–water partition coefficient (Wildman–Crippen LogP) is 3.74. The van der Waals surface area contributed by atoms with Crippen molar-refractivity contribution in [3.05, 3.63) is 11.4 Å². The summed E-state index contributed by atoms with van der Waals surface area (Å²) < 4.78 is 0. The fourth-order valence-corrected chi connectivity index (χ4v) is 3.86. The molecular formula is C14H21N3S. The lowest BCUT2D eigenvalue weighted by molar-refractivity contribution is 0.851. The number of anilines is 1. The van der Waals surface area contributed by atoms with Gasteiger partial charge in [0.05, 0.1) is 0 Å². The Morgan fingerprint density at radius 3 is 2.44 bits per heavy atom. The van der Waals surface area contributed by atoms with Gasteiger partial charge in [0.2, 0.25) is 0 Å². The first-order chi connectivity index (χ1) is 8.78. The first kappa shape index (κ1) is 12.3. The van der Waals surface area contributed by atoms with Crippen LogP contribution in [0.5, 0.6) is 0 Å². The highest BCUT2D eigenvalue weighted by molar-refractivity contribution is 7.99. The van der Waals surface area contributed by atoms with E-state index in [1.165, 1.54) is 49.1 Å². The van der Waals surface area contributed by atoms with Gasteiger partial charge in [0.1, 0.15) is 16.7 Å². The van der Waals surface area contributed by atoms with Crippen molar-refractivity contribution in [2.75, 3.05) is 12.4 Å². The SMILES string of the molecule is CNc1nc(C2CC2)nc(SC2CCCC2)c1C. The van der Waals surface area contributed by atoms with Gasteiger partial charge in [0, 0.05) is 23.8 Å². The molecule has 0 unspecified atom stereocenters. The van der Waals surface area contributed by atoms with Gasteiger partial charge in [-0.2, -0.15) is 0 Å². The summed E-state index contributed by atoms with van der Waals surface area (Å²) >= 11 is 1.98. The molecule has 3 rings (SSSR count). The summed E-state index contributed by atoms with van der Waals surface area (Å²) in [5.74, 6) is 2.71. The summed E-state index contributed by atoms with van der Waals surface area (Å²) in [5, 5.41) is 5.20.